The highest BCUT2D eigenvalue weighted by atomic mass is 35.5. The summed E-state index contributed by atoms with van der Waals surface area (Å²) in [5, 5.41) is 1.18. The molecule has 0 radical (unpaired) electrons. The van der Waals surface area contributed by atoms with Crippen LogP contribution in [-0.2, 0) is 6.54 Å². The molecule has 0 spiro atoms. The van der Waals surface area contributed by atoms with Gasteiger partial charge in [0, 0.05) is 39.8 Å². The maximum atomic E-state index is 15.3. The number of alkyl halides is 3. The molecule has 1 aliphatic rings. The Morgan fingerprint density at radius 1 is 0.905 bits per heavy atom. The standard InChI is InChI=1S/C32H29ClF4N2O2S/c1-38(2)23-12-14-24(15-13-23)39(31(41)29-28(33)25-5-3-4-6-27(25)42-29)18-22-17-21(11-16-26(22)34)19-7-9-20(10-8-19)30(40)32(35,36)37/h3-11,16-17,23-24H,12-15,18H2,1-2H3/t23-,24-. The minimum Gasteiger partial charge on any atom is -0.330 e. The van der Waals surface area contributed by atoms with Gasteiger partial charge in [-0.05, 0) is 69.1 Å². The first-order valence-electron chi connectivity index (χ1n) is 13.6. The summed E-state index contributed by atoms with van der Waals surface area (Å²) in [6.45, 7) is 0.00498. The topological polar surface area (TPSA) is 40.6 Å². The summed E-state index contributed by atoms with van der Waals surface area (Å²) in [7, 11) is 4.08. The predicted octanol–water partition coefficient (Wildman–Crippen LogP) is 8.62. The Bertz CT molecular complexity index is 1610. The zero-order chi connectivity index (χ0) is 30.2. The van der Waals surface area contributed by atoms with Crippen LogP contribution in [0.4, 0.5) is 17.6 Å². The van der Waals surface area contributed by atoms with Crippen molar-refractivity contribution in [2.24, 2.45) is 0 Å². The molecule has 1 saturated carbocycles. The number of halogens is 5. The van der Waals surface area contributed by atoms with Crippen molar-refractivity contribution < 1.29 is 27.2 Å². The van der Waals surface area contributed by atoms with Gasteiger partial charge >= 0.3 is 6.18 Å². The van der Waals surface area contributed by atoms with E-state index in [1.807, 2.05) is 38.4 Å². The normalized spacial score (nSPS) is 17.5. The molecule has 1 aliphatic carbocycles. The second-order valence-electron chi connectivity index (χ2n) is 10.8. The second kappa shape index (κ2) is 12.1. The van der Waals surface area contributed by atoms with Crippen LogP contribution in [0.3, 0.4) is 0 Å². The van der Waals surface area contributed by atoms with Gasteiger partial charge in [-0.15, -0.1) is 11.3 Å². The molecule has 3 aromatic carbocycles. The second-order valence-corrected chi connectivity index (χ2v) is 12.2. The zero-order valence-corrected chi connectivity index (χ0v) is 24.6. The van der Waals surface area contributed by atoms with Crippen LogP contribution in [0.25, 0.3) is 21.2 Å². The number of nitrogens with zero attached hydrogens (tertiary/aromatic N) is 2. The number of hydrogen-bond acceptors (Lipinski definition) is 4. The van der Waals surface area contributed by atoms with Gasteiger partial charge in [0.1, 0.15) is 10.7 Å². The van der Waals surface area contributed by atoms with E-state index in [9.17, 15) is 22.8 Å². The molecular formula is C32H29ClF4N2O2S. The third kappa shape index (κ3) is 6.23. The van der Waals surface area contributed by atoms with E-state index in [1.54, 1.807) is 11.0 Å². The van der Waals surface area contributed by atoms with E-state index in [4.69, 9.17) is 11.6 Å². The summed E-state index contributed by atoms with van der Waals surface area (Å²) in [4.78, 5) is 30.0. The quantitative estimate of drug-likeness (QED) is 0.154. The number of ketones is 1. The molecule has 1 fully saturated rings. The fourth-order valence-electron chi connectivity index (χ4n) is 5.57. The molecule has 1 aromatic heterocycles. The lowest BCUT2D eigenvalue weighted by Gasteiger charge is -2.39. The van der Waals surface area contributed by atoms with E-state index in [0.717, 1.165) is 47.9 Å². The maximum absolute atomic E-state index is 15.3. The lowest BCUT2D eigenvalue weighted by Crippen LogP contribution is -2.44. The molecule has 42 heavy (non-hydrogen) atoms. The number of thiophene rings is 1. The smallest absolute Gasteiger partial charge is 0.330 e. The molecule has 0 atom stereocenters. The molecule has 5 rings (SSSR count). The number of benzene rings is 3. The molecule has 0 saturated heterocycles. The van der Waals surface area contributed by atoms with E-state index in [1.165, 1.54) is 35.6 Å². The summed E-state index contributed by atoms with van der Waals surface area (Å²) in [6.07, 6.45) is -1.66. The van der Waals surface area contributed by atoms with Crippen LogP contribution < -0.4 is 0 Å². The van der Waals surface area contributed by atoms with Crippen LogP contribution in [-0.4, -0.2) is 53.8 Å². The number of carbonyl (C=O) groups is 2. The molecule has 0 bridgehead atoms. The lowest BCUT2D eigenvalue weighted by atomic mass is 9.89. The minimum atomic E-state index is -4.97. The van der Waals surface area contributed by atoms with E-state index < -0.39 is 23.3 Å². The van der Waals surface area contributed by atoms with Crippen LogP contribution in [0, 0.1) is 5.82 Å². The van der Waals surface area contributed by atoms with Crippen molar-refractivity contribution in [3.63, 3.8) is 0 Å². The van der Waals surface area contributed by atoms with Gasteiger partial charge in [-0.3, -0.25) is 9.59 Å². The number of rotatable bonds is 7. The molecule has 1 amide bonds. The Morgan fingerprint density at radius 2 is 1.52 bits per heavy atom. The Balaban J connectivity index is 1.47. The first-order chi connectivity index (χ1) is 19.9. The van der Waals surface area contributed by atoms with E-state index in [2.05, 4.69) is 4.90 Å². The summed E-state index contributed by atoms with van der Waals surface area (Å²) in [5.41, 5.74) is 0.884. The van der Waals surface area contributed by atoms with Gasteiger partial charge in [0.2, 0.25) is 0 Å². The third-order valence-electron chi connectivity index (χ3n) is 7.95. The van der Waals surface area contributed by atoms with Gasteiger partial charge in [0.05, 0.1) is 5.02 Å². The molecule has 0 unspecified atom stereocenters. The van der Waals surface area contributed by atoms with Crippen molar-refractivity contribution in [1.82, 2.24) is 9.80 Å². The number of fused-ring (bicyclic) bond motifs is 1. The van der Waals surface area contributed by atoms with Gasteiger partial charge in [-0.25, -0.2) is 4.39 Å². The highest BCUT2D eigenvalue weighted by Gasteiger charge is 2.39. The van der Waals surface area contributed by atoms with Crippen molar-refractivity contribution in [1.29, 1.82) is 0 Å². The van der Waals surface area contributed by atoms with Crippen LogP contribution in [0.5, 0.6) is 0 Å². The molecule has 0 aliphatic heterocycles. The fraction of sp³-hybridized carbons (Fsp3) is 0.312. The summed E-state index contributed by atoms with van der Waals surface area (Å²) < 4.78 is 54.6. The summed E-state index contributed by atoms with van der Waals surface area (Å²) in [6, 6.07) is 17.2. The largest absolute Gasteiger partial charge is 0.454 e. The SMILES string of the molecule is CN(C)[C@H]1CC[C@H](N(Cc2cc(-c3ccc(C(=O)C(F)(F)F)cc3)ccc2F)C(=O)c2sc3ccccc3c2Cl)CC1. The van der Waals surface area contributed by atoms with Crippen molar-refractivity contribution in [3.8, 4) is 11.1 Å². The Labute approximate surface area is 250 Å². The number of Topliss-reactive ketones (excluding diaryl/α,β-unsaturated/α-hetero) is 1. The van der Waals surface area contributed by atoms with Crippen molar-refractivity contribution in [2.75, 3.05) is 14.1 Å². The first-order valence-corrected chi connectivity index (χ1v) is 14.8. The van der Waals surface area contributed by atoms with E-state index in [-0.39, 0.29) is 24.1 Å². The highest BCUT2D eigenvalue weighted by Crippen LogP contribution is 2.38. The van der Waals surface area contributed by atoms with Crippen LogP contribution >= 0.6 is 22.9 Å². The van der Waals surface area contributed by atoms with E-state index in [0.29, 0.717) is 27.1 Å². The molecule has 10 heteroatoms. The lowest BCUT2D eigenvalue weighted by molar-refractivity contribution is -0.0885. The van der Waals surface area contributed by atoms with Crippen molar-refractivity contribution >= 4 is 44.7 Å². The average molecular weight is 617 g/mol. The summed E-state index contributed by atoms with van der Waals surface area (Å²) >= 11 is 8.01. The van der Waals surface area contributed by atoms with Gasteiger partial charge in [0.15, 0.2) is 0 Å². The fourth-order valence-corrected chi connectivity index (χ4v) is 7.04. The third-order valence-corrected chi connectivity index (χ3v) is 9.62. The number of carbonyl (C=O) groups excluding carboxylic acids is 2. The molecule has 220 valence electrons. The molecule has 1 heterocycles. The monoisotopic (exact) mass is 616 g/mol. The minimum absolute atomic E-state index is 0.00498. The van der Waals surface area contributed by atoms with Gasteiger partial charge in [-0.1, -0.05) is 60.1 Å². The zero-order valence-electron chi connectivity index (χ0n) is 23.1. The Morgan fingerprint density at radius 3 is 2.14 bits per heavy atom. The number of amides is 1. The molecule has 4 aromatic rings. The highest BCUT2D eigenvalue weighted by molar-refractivity contribution is 7.21. The van der Waals surface area contributed by atoms with Gasteiger partial charge in [-0.2, -0.15) is 13.2 Å². The molecular weight excluding hydrogens is 588 g/mol. The van der Waals surface area contributed by atoms with Gasteiger partial charge in [0.25, 0.3) is 11.7 Å². The Hall–Kier alpha value is -3.27. The van der Waals surface area contributed by atoms with Crippen LogP contribution in [0.15, 0.2) is 66.7 Å². The molecule has 4 nitrogen and oxygen atoms in total. The van der Waals surface area contributed by atoms with Gasteiger partial charge < -0.3 is 9.80 Å². The first kappa shape index (κ1) is 30.2. The van der Waals surface area contributed by atoms with Crippen LogP contribution in [0.2, 0.25) is 5.02 Å². The van der Waals surface area contributed by atoms with E-state index >= 15 is 4.39 Å². The van der Waals surface area contributed by atoms with Crippen molar-refractivity contribution in [2.45, 2.75) is 50.5 Å². The van der Waals surface area contributed by atoms with Crippen molar-refractivity contribution in [3.05, 3.63) is 93.6 Å². The van der Waals surface area contributed by atoms with Crippen LogP contribution in [0.1, 0.15) is 51.3 Å². The summed E-state index contributed by atoms with van der Waals surface area (Å²) in [5.74, 6) is -2.67. The predicted molar refractivity (Wildman–Crippen MR) is 159 cm³/mol. The Kier molecular flexibility index (Phi) is 8.73. The maximum Gasteiger partial charge on any atom is 0.454 e. The molecule has 0 N–H and O–H groups in total. The average Bonchev–Trinajstić information content (AvgIpc) is 3.32. The number of hydrogen-bond donors (Lipinski definition) is 0.